The smallest absolute Gasteiger partial charge is 0.327 e. The van der Waals surface area contributed by atoms with Crippen molar-refractivity contribution in [2.75, 3.05) is 0 Å². The fraction of sp³-hybridized carbons (Fsp3) is 0.308. The van der Waals surface area contributed by atoms with E-state index in [9.17, 15) is 9.59 Å². The molecule has 0 saturated heterocycles. The Kier molecular flexibility index (Phi) is 5.35. The van der Waals surface area contributed by atoms with Gasteiger partial charge in [-0.2, -0.15) is 0 Å². The van der Waals surface area contributed by atoms with E-state index in [4.69, 9.17) is 11.5 Å². The normalized spacial score (nSPS) is 11.2. The molecular formula is C13H15N3O3. The first-order chi connectivity index (χ1) is 9.02. The molecule has 0 aliphatic heterocycles. The van der Waals surface area contributed by atoms with Crippen molar-refractivity contribution in [2.24, 2.45) is 0 Å². The minimum atomic E-state index is -1.17. The number of rotatable bonds is 5. The van der Waals surface area contributed by atoms with Crippen LogP contribution in [0.15, 0.2) is 18.2 Å². The summed E-state index contributed by atoms with van der Waals surface area (Å²) in [6, 6.07) is 3.76. The maximum atomic E-state index is 11.5. The number of nitrogens with one attached hydrogen (secondary N) is 2. The number of aromatic nitrogens is 1. The highest BCUT2D eigenvalue weighted by molar-refractivity contribution is 5.82. The van der Waals surface area contributed by atoms with Gasteiger partial charge in [-0.1, -0.05) is 6.07 Å². The first-order valence-electron chi connectivity index (χ1n) is 5.66. The second kappa shape index (κ2) is 7.01. The van der Waals surface area contributed by atoms with Crippen LogP contribution in [0.4, 0.5) is 4.79 Å². The van der Waals surface area contributed by atoms with Crippen LogP contribution < -0.4 is 10.6 Å². The summed E-state index contributed by atoms with van der Waals surface area (Å²) < 4.78 is 0. The zero-order valence-corrected chi connectivity index (χ0v) is 10.5. The zero-order valence-electron chi connectivity index (χ0n) is 10.5. The lowest BCUT2D eigenvalue weighted by molar-refractivity contribution is -0.139. The van der Waals surface area contributed by atoms with Gasteiger partial charge in [-0.15, -0.1) is 12.3 Å². The summed E-state index contributed by atoms with van der Waals surface area (Å²) >= 11 is 0. The van der Waals surface area contributed by atoms with Gasteiger partial charge in [0.15, 0.2) is 0 Å². The van der Waals surface area contributed by atoms with Crippen LogP contribution in [0.2, 0.25) is 0 Å². The molecule has 1 aromatic heterocycles. The van der Waals surface area contributed by atoms with E-state index in [-0.39, 0.29) is 13.0 Å². The monoisotopic (exact) mass is 261 g/mol. The molecule has 3 N–H and O–H groups in total. The van der Waals surface area contributed by atoms with Crippen LogP contribution in [0, 0.1) is 19.3 Å². The third-order valence-corrected chi connectivity index (χ3v) is 2.30. The summed E-state index contributed by atoms with van der Waals surface area (Å²) in [6.45, 7) is 2.06. The average molecular weight is 261 g/mol. The van der Waals surface area contributed by atoms with E-state index in [1.165, 1.54) is 0 Å². The van der Waals surface area contributed by atoms with Gasteiger partial charge in [0.1, 0.15) is 6.04 Å². The molecule has 0 saturated carbocycles. The second-order valence-electron chi connectivity index (χ2n) is 3.90. The van der Waals surface area contributed by atoms with Crippen molar-refractivity contribution < 1.29 is 14.7 Å². The van der Waals surface area contributed by atoms with E-state index >= 15 is 0 Å². The number of carboxylic acid groups (broad SMARTS) is 1. The van der Waals surface area contributed by atoms with Gasteiger partial charge in [-0.3, -0.25) is 4.98 Å². The average Bonchev–Trinajstić information content (AvgIpc) is 2.36. The zero-order chi connectivity index (χ0) is 14.3. The molecule has 0 spiro atoms. The van der Waals surface area contributed by atoms with E-state index in [0.717, 1.165) is 5.69 Å². The Labute approximate surface area is 111 Å². The van der Waals surface area contributed by atoms with Crippen LogP contribution >= 0.6 is 0 Å². The molecule has 0 radical (unpaired) electrons. The summed E-state index contributed by atoms with van der Waals surface area (Å²) in [5.41, 5.74) is 1.54. The number of amides is 2. The number of pyridine rings is 1. The molecule has 1 unspecified atom stereocenters. The molecule has 1 heterocycles. The minimum Gasteiger partial charge on any atom is -0.480 e. The molecule has 0 bridgehead atoms. The van der Waals surface area contributed by atoms with Crippen molar-refractivity contribution in [2.45, 2.75) is 25.9 Å². The molecule has 1 atom stereocenters. The number of aliphatic carboxylic acids is 1. The summed E-state index contributed by atoms with van der Waals surface area (Å²) in [7, 11) is 0. The minimum absolute atomic E-state index is 0.0640. The lowest BCUT2D eigenvalue weighted by Crippen LogP contribution is -2.45. The molecule has 100 valence electrons. The SMILES string of the molecule is C#CCC(NC(=O)NCc1cccc(C)n1)C(=O)O. The van der Waals surface area contributed by atoms with Crippen molar-refractivity contribution in [3.05, 3.63) is 29.6 Å². The van der Waals surface area contributed by atoms with Crippen molar-refractivity contribution in [1.29, 1.82) is 0 Å². The van der Waals surface area contributed by atoms with Crippen LogP contribution in [0.3, 0.4) is 0 Å². The molecule has 2 amide bonds. The fourth-order valence-corrected chi connectivity index (χ4v) is 1.40. The van der Waals surface area contributed by atoms with Gasteiger partial charge >= 0.3 is 12.0 Å². The van der Waals surface area contributed by atoms with Gasteiger partial charge < -0.3 is 15.7 Å². The standard InChI is InChI=1S/C13H15N3O3/c1-3-5-11(12(17)18)16-13(19)14-8-10-7-4-6-9(2)15-10/h1,4,6-7,11H,5,8H2,2H3,(H,17,18)(H2,14,16,19). The first kappa shape index (κ1) is 14.5. The van der Waals surface area contributed by atoms with Crippen molar-refractivity contribution in [3.63, 3.8) is 0 Å². The van der Waals surface area contributed by atoms with Gasteiger partial charge in [0.25, 0.3) is 0 Å². The first-order valence-corrected chi connectivity index (χ1v) is 5.66. The Hall–Kier alpha value is -2.55. The highest BCUT2D eigenvalue weighted by atomic mass is 16.4. The number of urea groups is 1. The Morgan fingerprint density at radius 2 is 2.26 bits per heavy atom. The summed E-state index contributed by atoms with van der Waals surface area (Å²) in [5, 5.41) is 13.6. The molecule has 19 heavy (non-hydrogen) atoms. The number of hydrogen-bond acceptors (Lipinski definition) is 3. The maximum Gasteiger partial charge on any atom is 0.327 e. The molecule has 6 nitrogen and oxygen atoms in total. The van der Waals surface area contributed by atoms with Gasteiger partial charge in [-0.25, -0.2) is 9.59 Å². The predicted molar refractivity (Wildman–Crippen MR) is 69.2 cm³/mol. The fourth-order valence-electron chi connectivity index (χ4n) is 1.40. The Balaban J connectivity index is 2.47. The number of carboxylic acids is 1. The molecule has 0 aromatic carbocycles. The summed E-state index contributed by atoms with van der Waals surface area (Å²) in [6.07, 6.45) is 4.97. The maximum absolute atomic E-state index is 11.5. The molecule has 1 rings (SSSR count). The number of nitrogens with zero attached hydrogens (tertiary/aromatic N) is 1. The Bertz CT molecular complexity index is 508. The molecule has 0 aliphatic carbocycles. The van der Waals surface area contributed by atoms with Gasteiger partial charge in [0.05, 0.1) is 12.2 Å². The Morgan fingerprint density at radius 1 is 1.53 bits per heavy atom. The quantitative estimate of drug-likeness (QED) is 0.679. The number of terminal acetylenes is 1. The van der Waals surface area contributed by atoms with Crippen molar-refractivity contribution in [1.82, 2.24) is 15.6 Å². The number of aryl methyl sites for hydroxylation is 1. The van der Waals surface area contributed by atoms with Crippen LogP contribution in [0.25, 0.3) is 0 Å². The van der Waals surface area contributed by atoms with Crippen LogP contribution in [0.1, 0.15) is 17.8 Å². The van der Waals surface area contributed by atoms with E-state index in [1.54, 1.807) is 6.07 Å². The van der Waals surface area contributed by atoms with Gasteiger partial charge in [0.2, 0.25) is 0 Å². The van der Waals surface area contributed by atoms with Gasteiger partial charge in [0, 0.05) is 12.1 Å². The van der Waals surface area contributed by atoms with Crippen molar-refractivity contribution >= 4 is 12.0 Å². The lowest BCUT2D eigenvalue weighted by Gasteiger charge is -2.12. The number of carbonyl (C=O) groups is 2. The largest absolute Gasteiger partial charge is 0.480 e. The van der Waals surface area contributed by atoms with E-state index in [1.807, 2.05) is 19.1 Å². The topological polar surface area (TPSA) is 91.3 Å². The third-order valence-electron chi connectivity index (χ3n) is 2.30. The highest BCUT2D eigenvalue weighted by Gasteiger charge is 2.18. The van der Waals surface area contributed by atoms with Gasteiger partial charge in [-0.05, 0) is 19.1 Å². The second-order valence-corrected chi connectivity index (χ2v) is 3.90. The molecular weight excluding hydrogens is 246 g/mol. The third kappa shape index (κ3) is 5.08. The van der Waals surface area contributed by atoms with Crippen LogP contribution in [0.5, 0.6) is 0 Å². The molecule has 0 aliphatic rings. The summed E-state index contributed by atoms with van der Waals surface area (Å²) in [5.74, 6) is 1.04. The Morgan fingerprint density at radius 3 is 2.84 bits per heavy atom. The number of carbonyl (C=O) groups excluding carboxylic acids is 1. The van der Waals surface area contributed by atoms with E-state index in [0.29, 0.717) is 5.69 Å². The van der Waals surface area contributed by atoms with Crippen LogP contribution in [-0.4, -0.2) is 28.1 Å². The summed E-state index contributed by atoms with van der Waals surface area (Å²) in [4.78, 5) is 26.5. The van der Waals surface area contributed by atoms with E-state index < -0.39 is 18.0 Å². The molecule has 0 fully saturated rings. The predicted octanol–water partition coefficient (Wildman–Crippen LogP) is 0.666. The van der Waals surface area contributed by atoms with Crippen molar-refractivity contribution in [3.8, 4) is 12.3 Å². The molecule has 6 heteroatoms. The number of hydrogen-bond donors (Lipinski definition) is 3. The van der Waals surface area contributed by atoms with E-state index in [2.05, 4.69) is 21.5 Å². The lowest BCUT2D eigenvalue weighted by atomic mass is 10.2. The molecule has 1 aromatic rings. The van der Waals surface area contributed by atoms with Crippen LogP contribution in [-0.2, 0) is 11.3 Å². The highest BCUT2D eigenvalue weighted by Crippen LogP contribution is 1.97.